The molecule has 1 fully saturated rings. The van der Waals surface area contributed by atoms with Crippen molar-refractivity contribution in [2.75, 3.05) is 13.1 Å². The molecule has 4 nitrogen and oxygen atoms in total. The third-order valence-corrected chi connectivity index (χ3v) is 4.18. The van der Waals surface area contributed by atoms with Crippen molar-refractivity contribution < 1.29 is 23.1 Å². The van der Waals surface area contributed by atoms with E-state index in [9.17, 15) is 18.0 Å². The largest absolute Gasteiger partial charge is 0.503 e. The first-order valence-corrected chi connectivity index (χ1v) is 7.12. The molecule has 1 saturated heterocycles. The third kappa shape index (κ3) is 4.09. The van der Waals surface area contributed by atoms with Crippen molar-refractivity contribution in [2.45, 2.75) is 32.7 Å². The van der Waals surface area contributed by atoms with E-state index >= 15 is 0 Å². The zero-order chi connectivity index (χ0) is 16.5. The van der Waals surface area contributed by atoms with Gasteiger partial charge in [0, 0.05) is 12.6 Å². The topological polar surface area (TPSA) is 61.4 Å². The second-order valence-corrected chi connectivity index (χ2v) is 6.19. The molecule has 2 rings (SSSR count). The van der Waals surface area contributed by atoms with Gasteiger partial charge >= 0.3 is 0 Å². The van der Waals surface area contributed by atoms with Gasteiger partial charge in [0.15, 0.2) is 17.4 Å². The predicted molar refractivity (Wildman–Crippen MR) is 82.4 cm³/mol. The van der Waals surface area contributed by atoms with Gasteiger partial charge in [-0.15, -0.1) is 12.4 Å². The van der Waals surface area contributed by atoms with Gasteiger partial charge < -0.3 is 15.7 Å². The number of aromatic hydroxyl groups is 1. The number of hydrogen-bond acceptors (Lipinski definition) is 3. The van der Waals surface area contributed by atoms with Crippen molar-refractivity contribution >= 4 is 18.3 Å². The van der Waals surface area contributed by atoms with Crippen LogP contribution in [-0.4, -0.2) is 30.1 Å². The molecule has 3 N–H and O–H groups in total. The lowest BCUT2D eigenvalue weighted by Gasteiger charge is -2.39. The van der Waals surface area contributed by atoms with Crippen molar-refractivity contribution in [3.05, 3.63) is 29.1 Å². The minimum absolute atomic E-state index is 0. The van der Waals surface area contributed by atoms with Crippen LogP contribution in [0.25, 0.3) is 0 Å². The van der Waals surface area contributed by atoms with Crippen LogP contribution in [0.3, 0.4) is 0 Å². The Balaban J connectivity index is 0.00000264. The highest BCUT2D eigenvalue weighted by Crippen LogP contribution is 2.30. The van der Waals surface area contributed by atoms with Crippen LogP contribution in [0.15, 0.2) is 6.07 Å². The van der Waals surface area contributed by atoms with E-state index in [1.165, 1.54) is 0 Å². The van der Waals surface area contributed by atoms with E-state index in [0.29, 0.717) is 6.07 Å². The van der Waals surface area contributed by atoms with E-state index in [4.69, 9.17) is 5.11 Å². The van der Waals surface area contributed by atoms with Gasteiger partial charge in [0.1, 0.15) is 0 Å². The number of benzene rings is 1. The summed E-state index contributed by atoms with van der Waals surface area (Å²) in [6, 6.07) is 0.436. The number of piperidine rings is 1. The number of hydrogen-bond donors (Lipinski definition) is 3. The normalized spacial score (nSPS) is 19.8. The molecule has 1 aliphatic rings. The van der Waals surface area contributed by atoms with E-state index in [-0.39, 0.29) is 30.4 Å². The highest BCUT2D eigenvalue weighted by atomic mass is 35.5. The average molecular weight is 353 g/mol. The fourth-order valence-corrected chi connectivity index (χ4v) is 2.66. The van der Waals surface area contributed by atoms with Crippen LogP contribution in [0.4, 0.5) is 13.2 Å². The summed E-state index contributed by atoms with van der Waals surface area (Å²) in [5.41, 5.74) is -0.759. The summed E-state index contributed by atoms with van der Waals surface area (Å²) < 4.78 is 39.9. The minimum Gasteiger partial charge on any atom is -0.503 e. The maximum absolute atomic E-state index is 13.7. The second-order valence-electron chi connectivity index (χ2n) is 6.19. The van der Waals surface area contributed by atoms with Crippen LogP contribution in [0, 0.1) is 22.9 Å². The SMILES string of the molecule is CC1(C)CCCNC1CNC(=O)c1cc(F)c(F)c(O)c1F.Cl. The molecule has 1 heterocycles. The summed E-state index contributed by atoms with van der Waals surface area (Å²) in [5, 5.41) is 14.9. The van der Waals surface area contributed by atoms with Gasteiger partial charge in [0.2, 0.25) is 5.82 Å². The van der Waals surface area contributed by atoms with Gasteiger partial charge in [-0.05, 0) is 30.9 Å². The highest BCUT2D eigenvalue weighted by Gasteiger charge is 2.32. The van der Waals surface area contributed by atoms with Crippen LogP contribution in [0.1, 0.15) is 37.0 Å². The molecule has 1 aliphatic heterocycles. The summed E-state index contributed by atoms with van der Waals surface area (Å²) >= 11 is 0. The molecule has 1 aromatic rings. The van der Waals surface area contributed by atoms with Crippen LogP contribution >= 0.6 is 12.4 Å². The number of carbonyl (C=O) groups excluding carboxylic acids is 1. The quantitative estimate of drug-likeness (QED) is 0.733. The lowest BCUT2D eigenvalue weighted by molar-refractivity contribution is 0.0923. The Morgan fingerprint density at radius 3 is 2.65 bits per heavy atom. The maximum atomic E-state index is 13.7. The van der Waals surface area contributed by atoms with Gasteiger partial charge in [-0.25, -0.2) is 8.78 Å². The zero-order valence-electron chi connectivity index (χ0n) is 12.9. The molecule has 1 amide bonds. The van der Waals surface area contributed by atoms with Crippen molar-refractivity contribution in [2.24, 2.45) is 5.41 Å². The Bertz CT molecular complexity index is 597. The average Bonchev–Trinajstić information content (AvgIpc) is 2.47. The number of halogens is 4. The summed E-state index contributed by atoms with van der Waals surface area (Å²) in [4.78, 5) is 12.0. The van der Waals surface area contributed by atoms with Gasteiger partial charge in [-0.1, -0.05) is 13.8 Å². The number of nitrogens with one attached hydrogen (secondary N) is 2. The Morgan fingerprint density at radius 2 is 2.04 bits per heavy atom. The molecule has 0 radical (unpaired) electrons. The summed E-state index contributed by atoms with van der Waals surface area (Å²) in [5.74, 6) is -7.02. The number of amides is 1. The molecule has 0 saturated carbocycles. The standard InChI is InChI=1S/C15H19F3N2O2.ClH/c1-15(2)4-3-5-19-10(15)7-20-14(22)8-6-9(16)12(18)13(21)11(8)17;/h6,10,19,21H,3-5,7H2,1-2H3,(H,20,22);1H. The lowest BCUT2D eigenvalue weighted by Crippen LogP contribution is -2.52. The Morgan fingerprint density at radius 1 is 1.39 bits per heavy atom. The first-order valence-electron chi connectivity index (χ1n) is 7.12. The van der Waals surface area contributed by atoms with Gasteiger partial charge in [-0.2, -0.15) is 4.39 Å². The zero-order valence-corrected chi connectivity index (χ0v) is 13.7. The van der Waals surface area contributed by atoms with Gasteiger partial charge in [0.25, 0.3) is 5.91 Å². The molecule has 1 aromatic carbocycles. The van der Waals surface area contributed by atoms with Crippen LogP contribution in [0.5, 0.6) is 5.75 Å². The Hall–Kier alpha value is -1.47. The predicted octanol–water partition coefficient (Wildman–Crippen LogP) is 2.74. The molecule has 0 spiro atoms. The van der Waals surface area contributed by atoms with E-state index < -0.39 is 34.7 Å². The molecule has 0 aliphatic carbocycles. The number of rotatable bonds is 3. The van der Waals surface area contributed by atoms with Gasteiger partial charge in [0.05, 0.1) is 5.56 Å². The van der Waals surface area contributed by atoms with Crippen molar-refractivity contribution in [1.82, 2.24) is 10.6 Å². The molecular weight excluding hydrogens is 333 g/mol. The summed E-state index contributed by atoms with van der Waals surface area (Å²) in [6.07, 6.45) is 2.02. The fourth-order valence-electron chi connectivity index (χ4n) is 2.66. The molecule has 0 bridgehead atoms. The number of carbonyl (C=O) groups is 1. The Labute approximate surface area is 138 Å². The van der Waals surface area contributed by atoms with Crippen molar-refractivity contribution in [3.8, 4) is 5.75 Å². The van der Waals surface area contributed by atoms with E-state index in [0.717, 1.165) is 19.4 Å². The van der Waals surface area contributed by atoms with Crippen LogP contribution in [0.2, 0.25) is 0 Å². The first-order chi connectivity index (χ1) is 10.2. The minimum atomic E-state index is -1.70. The molecule has 1 atom stereocenters. The van der Waals surface area contributed by atoms with Crippen LogP contribution < -0.4 is 10.6 Å². The third-order valence-electron chi connectivity index (χ3n) is 4.18. The smallest absolute Gasteiger partial charge is 0.254 e. The number of phenolic OH excluding ortho intramolecular Hbond substituents is 1. The van der Waals surface area contributed by atoms with E-state index in [2.05, 4.69) is 24.5 Å². The molecular formula is C15H20ClF3N2O2. The summed E-state index contributed by atoms with van der Waals surface area (Å²) in [7, 11) is 0. The van der Waals surface area contributed by atoms with Crippen LogP contribution in [-0.2, 0) is 0 Å². The highest BCUT2D eigenvalue weighted by molar-refractivity contribution is 5.95. The van der Waals surface area contributed by atoms with E-state index in [1.54, 1.807) is 0 Å². The molecule has 1 unspecified atom stereocenters. The lowest BCUT2D eigenvalue weighted by atomic mass is 9.77. The molecule has 130 valence electrons. The molecule has 8 heteroatoms. The maximum Gasteiger partial charge on any atom is 0.254 e. The fraction of sp³-hybridized carbons (Fsp3) is 0.533. The van der Waals surface area contributed by atoms with Crippen molar-refractivity contribution in [3.63, 3.8) is 0 Å². The molecule has 0 aromatic heterocycles. The van der Waals surface area contributed by atoms with Gasteiger partial charge in [-0.3, -0.25) is 4.79 Å². The molecule has 23 heavy (non-hydrogen) atoms. The first kappa shape index (κ1) is 19.6. The van der Waals surface area contributed by atoms with Crippen molar-refractivity contribution in [1.29, 1.82) is 0 Å². The Kier molecular flexibility index (Phi) is 6.30. The summed E-state index contributed by atoms with van der Waals surface area (Å²) in [6.45, 7) is 5.16. The number of phenols is 1. The second kappa shape index (κ2) is 7.40. The monoisotopic (exact) mass is 352 g/mol. The van der Waals surface area contributed by atoms with E-state index in [1.807, 2.05) is 0 Å².